The van der Waals surface area contributed by atoms with Gasteiger partial charge in [0.05, 0.1) is 18.9 Å². The van der Waals surface area contributed by atoms with Gasteiger partial charge in [0.2, 0.25) is 5.69 Å². The summed E-state index contributed by atoms with van der Waals surface area (Å²) in [5.41, 5.74) is 10.7. The van der Waals surface area contributed by atoms with Crippen LogP contribution in [-0.4, -0.2) is 41.6 Å². The average molecular weight is 447 g/mol. The second-order valence-corrected chi connectivity index (χ2v) is 8.41. The third kappa shape index (κ3) is 4.54. The first kappa shape index (κ1) is 22.7. The molecule has 0 saturated carbocycles. The van der Waals surface area contributed by atoms with Crippen molar-refractivity contribution in [3.63, 3.8) is 0 Å². The summed E-state index contributed by atoms with van der Waals surface area (Å²) in [6.45, 7) is 8.82. The summed E-state index contributed by atoms with van der Waals surface area (Å²) < 4.78 is 21.6. The Labute approximate surface area is 193 Å². The van der Waals surface area contributed by atoms with E-state index >= 15 is 0 Å². The van der Waals surface area contributed by atoms with E-state index in [0.717, 1.165) is 35.2 Å². The molecule has 7 heteroatoms. The van der Waals surface area contributed by atoms with Gasteiger partial charge in [0.1, 0.15) is 11.5 Å². The monoisotopic (exact) mass is 446 g/mol. The number of halogens is 1. The predicted molar refractivity (Wildman–Crippen MR) is 126 cm³/mol. The van der Waals surface area contributed by atoms with Crippen molar-refractivity contribution in [1.82, 2.24) is 9.47 Å². The van der Waals surface area contributed by atoms with E-state index in [-0.39, 0.29) is 17.6 Å². The minimum Gasteiger partial charge on any atom is -0.380 e. The van der Waals surface area contributed by atoms with E-state index in [0.29, 0.717) is 31.0 Å². The summed E-state index contributed by atoms with van der Waals surface area (Å²) in [7, 11) is 3.50. The van der Waals surface area contributed by atoms with Crippen LogP contribution in [0.2, 0.25) is 0 Å². The first-order valence-corrected chi connectivity index (χ1v) is 10.9. The second kappa shape index (κ2) is 9.57. The molecule has 1 fully saturated rings. The minimum atomic E-state index is -0.581. The van der Waals surface area contributed by atoms with Crippen LogP contribution in [-0.2, 0) is 18.4 Å². The molecule has 2 aromatic carbocycles. The molecular formula is C26H27FN4O2. The molecule has 0 unspecified atom stereocenters. The fraction of sp³-hybridized carbons (Fsp3) is 0.308. The van der Waals surface area contributed by atoms with Crippen LogP contribution in [0.4, 0.5) is 10.1 Å². The summed E-state index contributed by atoms with van der Waals surface area (Å²) in [5, 5.41) is 0. The van der Waals surface area contributed by atoms with Crippen molar-refractivity contribution in [2.75, 3.05) is 20.2 Å². The number of likely N-dealkylation sites (tertiary alicyclic amines) is 1. The molecule has 1 aliphatic heterocycles. The zero-order valence-corrected chi connectivity index (χ0v) is 18.8. The third-order valence-electron chi connectivity index (χ3n) is 6.11. The van der Waals surface area contributed by atoms with Crippen LogP contribution in [0.25, 0.3) is 27.2 Å². The highest BCUT2D eigenvalue weighted by Gasteiger charge is 2.27. The van der Waals surface area contributed by atoms with Gasteiger partial charge in [0, 0.05) is 38.9 Å². The van der Waals surface area contributed by atoms with Gasteiger partial charge in [-0.3, -0.25) is 4.79 Å². The molecule has 0 bridgehead atoms. The van der Waals surface area contributed by atoms with Gasteiger partial charge in [-0.1, -0.05) is 36.4 Å². The molecule has 2 N–H and O–H groups in total. The molecule has 0 radical (unpaired) electrons. The highest BCUT2D eigenvalue weighted by Crippen LogP contribution is 2.37. The minimum absolute atomic E-state index is 0.0227. The van der Waals surface area contributed by atoms with E-state index in [2.05, 4.69) is 4.85 Å². The molecule has 1 saturated heterocycles. The van der Waals surface area contributed by atoms with Crippen LogP contribution in [0.3, 0.4) is 0 Å². The number of hydrogen-bond acceptors (Lipinski definition) is 3. The van der Waals surface area contributed by atoms with Crippen LogP contribution in [0.1, 0.15) is 28.9 Å². The van der Waals surface area contributed by atoms with Crippen LogP contribution in [0.15, 0.2) is 48.5 Å². The van der Waals surface area contributed by atoms with Crippen molar-refractivity contribution < 1.29 is 13.9 Å². The number of aromatic nitrogens is 1. The van der Waals surface area contributed by atoms with Crippen molar-refractivity contribution in [2.45, 2.75) is 25.5 Å². The zero-order valence-electron chi connectivity index (χ0n) is 18.8. The van der Waals surface area contributed by atoms with Gasteiger partial charge < -0.3 is 19.9 Å². The first-order chi connectivity index (χ1) is 15.9. The predicted octanol–water partition coefficient (Wildman–Crippen LogP) is 4.76. The molecule has 1 amide bonds. The second-order valence-electron chi connectivity index (χ2n) is 8.41. The number of amides is 1. The number of benzene rings is 2. The fourth-order valence-electron chi connectivity index (χ4n) is 4.42. The summed E-state index contributed by atoms with van der Waals surface area (Å²) >= 11 is 0. The highest BCUT2D eigenvalue weighted by atomic mass is 19.1. The lowest BCUT2D eigenvalue weighted by Gasteiger charge is -2.30. The summed E-state index contributed by atoms with van der Waals surface area (Å²) in [6, 6.07) is 14.2. The number of methoxy groups -OCH3 is 1. The van der Waals surface area contributed by atoms with E-state index in [9.17, 15) is 9.18 Å². The Kier molecular flexibility index (Phi) is 6.59. The van der Waals surface area contributed by atoms with Crippen LogP contribution in [0.5, 0.6) is 0 Å². The molecule has 33 heavy (non-hydrogen) atoms. The van der Waals surface area contributed by atoms with Crippen LogP contribution in [0, 0.1) is 12.4 Å². The van der Waals surface area contributed by atoms with Gasteiger partial charge in [0.15, 0.2) is 0 Å². The lowest BCUT2D eigenvalue weighted by atomic mass is 10.00. The Hall–Kier alpha value is -3.47. The number of hydrogen-bond donors (Lipinski definition) is 1. The number of carbonyl (C=O) groups excluding carboxylic acids is 1. The van der Waals surface area contributed by atoms with Gasteiger partial charge in [-0.25, -0.2) is 9.24 Å². The molecule has 4 rings (SSSR count). The Morgan fingerprint density at radius 3 is 2.58 bits per heavy atom. The Balaban J connectivity index is 1.83. The normalized spacial score (nSPS) is 16.0. The summed E-state index contributed by atoms with van der Waals surface area (Å²) in [5.74, 6) is -0.669. The molecule has 1 aliphatic rings. The van der Waals surface area contributed by atoms with Crippen molar-refractivity contribution in [1.29, 1.82) is 0 Å². The number of piperidine rings is 1. The topological polar surface area (TPSA) is 64.8 Å². The van der Waals surface area contributed by atoms with Gasteiger partial charge in [-0.15, -0.1) is 0 Å². The van der Waals surface area contributed by atoms with Crippen molar-refractivity contribution in [2.24, 2.45) is 12.8 Å². The summed E-state index contributed by atoms with van der Waals surface area (Å²) in [4.78, 5) is 18.4. The van der Waals surface area contributed by atoms with Crippen LogP contribution >= 0.6 is 0 Å². The quantitative estimate of drug-likeness (QED) is 0.575. The number of ether oxygens (including phenoxy) is 1. The SMILES string of the molecule is [C-]#[N+]c1ccc(-c2cc(C(=O)N3CCC[C@@H](N)C3)n(C)c2-c2ccc(COC)cc2)cc1F. The van der Waals surface area contributed by atoms with Gasteiger partial charge in [-0.05, 0) is 41.7 Å². The van der Waals surface area contributed by atoms with Crippen molar-refractivity contribution >= 4 is 11.6 Å². The van der Waals surface area contributed by atoms with E-state index in [4.69, 9.17) is 17.0 Å². The molecule has 0 spiro atoms. The highest BCUT2D eigenvalue weighted by molar-refractivity contribution is 5.98. The average Bonchev–Trinajstić information content (AvgIpc) is 3.16. The zero-order chi connectivity index (χ0) is 23.5. The third-order valence-corrected chi connectivity index (χ3v) is 6.11. The van der Waals surface area contributed by atoms with Crippen LogP contribution < -0.4 is 5.73 Å². The molecule has 0 aliphatic carbocycles. The molecule has 170 valence electrons. The van der Waals surface area contributed by atoms with E-state index < -0.39 is 5.82 Å². The maximum atomic E-state index is 14.5. The molecule has 1 atom stereocenters. The van der Waals surface area contributed by atoms with E-state index in [1.165, 1.54) is 12.1 Å². The Morgan fingerprint density at radius 2 is 1.94 bits per heavy atom. The number of carbonyl (C=O) groups is 1. The fourth-order valence-corrected chi connectivity index (χ4v) is 4.42. The maximum Gasteiger partial charge on any atom is 0.270 e. The number of nitrogens with zero attached hydrogens (tertiary/aromatic N) is 3. The largest absolute Gasteiger partial charge is 0.380 e. The molecule has 6 nitrogen and oxygen atoms in total. The molecule has 1 aromatic heterocycles. The Bertz CT molecular complexity index is 1210. The molecule has 2 heterocycles. The summed E-state index contributed by atoms with van der Waals surface area (Å²) in [6.07, 6.45) is 1.79. The van der Waals surface area contributed by atoms with Crippen molar-refractivity contribution in [3.05, 3.63) is 77.0 Å². The standard InChI is InChI=1S/C26H27FN4O2/c1-29-23-11-10-19(13-22(23)27)21-14-24(26(32)31-12-4-5-20(28)15-31)30(2)25(21)18-8-6-17(7-9-18)16-33-3/h6-11,13-14,20H,4-5,12,15-16,28H2,2-3H3/t20-/m1/s1. The van der Waals surface area contributed by atoms with Gasteiger partial charge in [0.25, 0.3) is 5.91 Å². The number of nitrogens with two attached hydrogens (primary N) is 1. The smallest absolute Gasteiger partial charge is 0.270 e. The van der Waals surface area contributed by atoms with E-state index in [1.807, 2.05) is 41.9 Å². The lowest BCUT2D eigenvalue weighted by Crippen LogP contribution is -2.46. The Morgan fingerprint density at radius 1 is 1.21 bits per heavy atom. The lowest BCUT2D eigenvalue weighted by molar-refractivity contribution is 0.0699. The van der Waals surface area contributed by atoms with E-state index in [1.54, 1.807) is 18.1 Å². The molecule has 3 aromatic rings. The first-order valence-electron chi connectivity index (χ1n) is 10.9. The molecular weight excluding hydrogens is 419 g/mol. The van der Waals surface area contributed by atoms with Crippen molar-refractivity contribution in [3.8, 4) is 22.4 Å². The number of rotatable bonds is 5. The van der Waals surface area contributed by atoms with Gasteiger partial charge in [-0.2, -0.15) is 0 Å². The van der Waals surface area contributed by atoms with Gasteiger partial charge >= 0.3 is 0 Å². The maximum absolute atomic E-state index is 14.5.